The van der Waals surface area contributed by atoms with Gasteiger partial charge in [-0.25, -0.2) is 4.98 Å². The molecule has 0 bridgehead atoms. The molecule has 2 aromatic rings. The Hall–Kier alpha value is -1.61. The van der Waals surface area contributed by atoms with Crippen LogP contribution in [0.15, 0.2) is 36.5 Å². The van der Waals surface area contributed by atoms with Crippen LogP contribution in [0.5, 0.6) is 0 Å². The number of rotatable bonds is 3. The Balaban J connectivity index is 2.36. The van der Waals surface area contributed by atoms with Gasteiger partial charge in [0.15, 0.2) is 0 Å². The molecular weight excluding hydrogens is 186 g/mol. The quantitative estimate of drug-likeness (QED) is 0.819. The molecule has 3 nitrogen and oxygen atoms in total. The van der Waals surface area contributed by atoms with Crippen molar-refractivity contribution < 1.29 is 0 Å². The molecule has 1 heterocycles. The summed E-state index contributed by atoms with van der Waals surface area (Å²) in [6, 6.07) is 10.2. The number of nitrogens with zero attached hydrogens (tertiary/aromatic N) is 2. The van der Waals surface area contributed by atoms with Gasteiger partial charge in [0.1, 0.15) is 5.82 Å². The fourth-order valence-corrected chi connectivity index (χ4v) is 1.65. The van der Waals surface area contributed by atoms with E-state index in [2.05, 4.69) is 17.1 Å². The molecule has 0 saturated carbocycles. The first-order chi connectivity index (χ1) is 7.31. The smallest absolute Gasteiger partial charge is 0.139 e. The van der Waals surface area contributed by atoms with E-state index in [9.17, 15) is 0 Å². The maximum Gasteiger partial charge on any atom is 0.139 e. The highest BCUT2D eigenvalue weighted by molar-refractivity contribution is 5.55. The average Bonchev–Trinajstić information content (AvgIpc) is 2.61. The molecule has 0 unspecified atom stereocenters. The molecule has 15 heavy (non-hydrogen) atoms. The van der Waals surface area contributed by atoms with E-state index in [1.165, 1.54) is 0 Å². The number of imidazole rings is 1. The summed E-state index contributed by atoms with van der Waals surface area (Å²) >= 11 is 0. The second-order valence-electron chi connectivity index (χ2n) is 3.57. The molecule has 1 aromatic carbocycles. The Kier molecular flexibility index (Phi) is 2.83. The zero-order chi connectivity index (χ0) is 10.7. The number of benzene rings is 1. The minimum atomic E-state index is 0.644. The first kappa shape index (κ1) is 9.93. The van der Waals surface area contributed by atoms with Crippen molar-refractivity contribution in [2.24, 2.45) is 12.8 Å². The van der Waals surface area contributed by atoms with Crippen LogP contribution in [-0.2, 0) is 13.5 Å². The summed E-state index contributed by atoms with van der Waals surface area (Å²) in [5.74, 6) is 0.999. The number of aromatic nitrogens is 2. The van der Waals surface area contributed by atoms with Crippen LogP contribution in [0.4, 0.5) is 0 Å². The Bertz CT molecular complexity index is 431. The Morgan fingerprint density at radius 3 is 2.67 bits per heavy atom. The minimum absolute atomic E-state index is 0.644. The van der Waals surface area contributed by atoms with Gasteiger partial charge in [-0.3, -0.25) is 0 Å². The summed E-state index contributed by atoms with van der Waals surface area (Å²) in [5.41, 5.74) is 7.71. The maximum atomic E-state index is 5.51. The molecule has 2 rings (SSSR count). The molecule has 0 amide bonds. The minimum Gasteiger partial charge on any atom is -0.334 e. The zero-order valence-electron chi connectivity index (χ0n) is 8.85. The van der Waals surface area contributed by atoms with Crippen molar-refractivity contribution in [2.45, 2.75) is 6.42 Å². The molecule has 78 valence electrons. The van der Waals surface area contributed by atoms with Gasteiger partial charge in [-0.05, 0) is 6.54 Å². The highest BCUT2D eigenvalue weighted by Crippen LogP contribution is 2.17. The van der Waals surface area contributed by atoms with Crippen LogP contribution in [-0.4, -0.2) is 16.1 Å². The van der Waals surface area contributed by atoms with Crippen molar-refractivity contribution in [3.63, 3.8) is 0 Å². The van der Waals surface area contributed by atoms with Gasteiger partial charge in [-0.1, -0.05) is 30.3 Å². The van der Waals surface area contributed by atoms with Gasteiger partial charge in [0.2, 0.25) is 0 Å². The molecule has 3 heteroatoms. The van der Waals surface area contributed by atoms with Crippen molar-refractivity contribution in [2.75, 3.05) is 6.54 Å². The number of nitrogens with two attached hydrogens (primary N) is 1. The van der Waals surface area contributed by atoms with Gasteiger partial charge in [-0.2, -0.15) is 0 Å². The highest BCUT2D eigenvalue weighted by Gasteiger charge is 2.05. The molecule has 1 aromatic heterocycles. The first-order valence-corrected chi connectivity index (χ1v) is 5.09. The average molecular weight is 201 g/mol. The summed E-state index contributed by atoms with van der Waals surface area (Å²) in [6.07, 6.45) is 2.87. The van der Waals surface area contributed by atoms with E-state index >= 15 is 0 Å². The van der Waals surface area contributed by atoms with Crippen LogP contribution < -0.4 is 5.73 Å². The third-order valence-corrected chi connectivity index (χ3v) is 2.36. The van der Waals surface area contributed by atoms with Crippen molar-refractivity contribution in [1.29, 1.82) is 0 Å². The van der Waals surface area contributed by atoms with Gasteiger partial charge in [0.05, 0.1) is 5.69 Å². The summed E-state index contributed by atoms with van der Waals surface area (Å²) in [6.45, 7) is 0.644. The van der Waals surface area contributed by atoms with Gasteiger partial charge >= 0.3 is 0 Å². The van der Waals surface area contributed by atoms with Crippen LogP contribution in [0.1, 0.15) is 5.69 Å². The second-order valence-corrected chi connectivity index (χ2v) is 3.57. The highest BCUT2D eigenvalue weighted by atomic mass is 15.0. The molecule has 0 aliphatic rings. The van der Waals surface area contributed by atoms with Crippen molar-refractivity contribution in [3.05, 3.63) is 42.2 Å². The standard InChI is InChI=1S/C12H15N3/c1-15-9-11(7-8-13)14-12(15)10-5-3-2-4-6-10/h2-6,9H,7-8,13H2,1H3. The molecule has 0 aliphatic carbocycles. The van der Waals surface area contributed by atoms with Crippen LogP contribution in [0.25, 0.3) is 11.4 Å². The third-order valence-electron chi connectivity index (χ3n) is 2.36. The van der Waals surface area contributed by atoms with Gasteiger partial charge < -0.3 is 10.3 Å². The predicted molar refractivity (Wildman–Crippen MR) is 61.4 cm³/mol. The Labute approximate surface area is 89.6 Å². The maximum absolute atomic E-state index is 5.51. The predicted octanol–water partition coefficient (Wildman–Crippen LogP) is 1.59. The topological polar surface area (TPSA) is 43.8 Å². The number of hydrogen-bond acceptors (Lipinski definition) is 2. The monoisotopic (exact) mass is 201 g/mol. The normalized spacial score (nSPS) is 10.5. The first-order valence-electron chi connectivity index (χ1n) is 5.09. The molecule has 0 saturated heterocycles. The molecule has 2 N–H and O–H groups in total. The van der Waals surface area contributed by atoms with E-state index in [-0.39, 0.29) is 0 Å². The van der Waals surface area contributed by atoms with Crippen molar-refractivity contribution in [3.8, 4) is 11.4 Å². The van der Waals surface area contributed by atoms with Crippen LogP contribution in [0.3, 0.4) is 0 Å². The van der Waals surface area contributed by atoms with E-state index in [1.807, 2.05) is 36.0 Å². The summed E-state index contributed by atoms with van der Waals surface area (Å²) in [4.78, 5) is 4.55. The van der Waals surface area contributed by atoms with E-state index in [0.29, 0.717) is 6.54 Å². The second kappa shape index (κ2) is 4.28. The lowest BCUT2D eigenvalue weighted by Gasteiger charge is -1.99. The largest absolute Gasteiger partial charge is 0.334 e. The van der Waals surface area contributed by atoms with E-state index < -0.39 is 0 Å². The van der Waals surface area contributed by atoms with Crippen LogP contribution in [0, 0.1) is 0 Å². The van der Waals surface area contributed by atoms with E-state index in [0.717, 1.165) is 23.5 Å². The molecular formula is C12H15N3. The van der Waals surface area contributed by atoms with Crippen LogP contribution in [0.2, 0.25) is 0 Å². The Morgan fingerprint density at radius 1 is 1.27 bits per heavy atom. The van der Waals surface area contributed by atoms with Crippen LogP contribution >= 0.6 is 0 Å². The molecule has 0 spiro atoms. The third kappa shape index (κ3) is 2.07. The molecule has 0 radical (unpaired) electrons. The molecule has 0 atom stereocenters. The lowest BCUT2D eigenvalue weighted by atomic mass is 10.2. The number of hydrogen-bond donors (Lipinski definition) is 1. The van der Waals surface area contributed by atoms with E-state index in [4.69, 9.17) is 5.73 Å². The summed E-state index contributed by atoms with van der Waals surface area (Å²) < 4.78 is 2.04. The SMILES string of the molecule is Cn1cc(CCN)nc1-c1ccccc1. The van der Waals surface area contributed by atoms with Gasteiger partial charge in [0, 0.05) is 25.2 Å². The zero-order valence-corrected chi connectivity index (χ0v) is 8.85. The van der Waals surface area contributed by atoms with Crippen molar-refractivity contribution >= 4 is 0 Å². The summed E-state index contributed by atoms with van der Waals surface area (Å²) in [7, 11) is 2.01. The molecule has 0 fully saturated rings. The fourth-order valence-electron chi connectivity index (χ4n) is 1.65. The lowest BCUT2D eigenvalue weighted by Crippen LogP contribution is -2.02. The van der Waals surface area contributed by atoms with Crippen molar-refractivity contribution in [1.82, 2.24) is 9.55 Å². The van der Waals surface area contributed by atoms with Gasteiger partial charge in [0.25, 0.3) is 0 Å². The van der Waals surface area contributed by atoms with Gasteiger partial charge in [-0.15, -0.1) is 0 Å². The Morgan fingerprint density at radius 2 is 2.00 bits per heavy atom. The van der Waals surface area contributed by atoms with E-state index in [1.54, 1.807) is 0 Å². The number of aryl methyl sites for hydroxylation is 1. The fraction of sp³-hybridized carbons (Fsp3) is 0.250. The summed E-state index contributed by atoms with van der Waals surface area (Å²) in [5, 5.41) is 0. The lowest BCUT2D eigenvalue weighted by molar-refractivity contribution is 0.912. The molecule has 0 aliphatic heterocycles.